The molecule has 5 heteroatoms. The van der Waals surface area contributed by atoms with Gasteiger partial charge in [0.25, 0.3) is 0 Å². The first-order chi connectivity index (χ1) is 11.3. The molecule has 1 saturated heterocycles. The summed E-state index contributed by atoms with van der Waals surface area (Å²) in [6.45, 7) is 2.97. The number of aliphatic imine (C=N–C) groups is 1. The molecule has 3 rings (SSSR count). The van der Waals surface area contributed by atoms with Gasteiger partial charge in [-0.25, -0.2) is 4.99 Å². The van der Waals surface area contributed by atoms with Crippen LogP contribution in [-0.2, 0) is 4.74 Å². The molecule has 2 aromatic carbocycles. The topological polar surface area (TPSA) is 36.9 Å². The summed E-state index contributed by atoms with van der Waals surface area (Å²) in [5.74, 6) is 0.758. The Morgan fingerprint density at radius 1 is 0.957 bits per heavy atom. The van der Waals surface area contributed by atoms with Gasteiger partial charge in [-0.3, -0.25) is 0 Å². The molecule has 4 nitrogen and oxygen atoms in total. The summed E-state index contributed by atoms with van der Waals surface area (Å²) in [4.78, 5) is 6.75. The maximum absolute atomic E-state index is 5.51. The normalized spacial score (nSPS) is 15.3. The van der Waals surface area contributed by atoms with Crippen LogP contribution in [0, 0.1) is 0 Å². The number of benzene rings is 2. The quantitative estimate of drug-likeness (QED) is 0.523. The zero-order chi connectivity index (χ0) is 15.9. The fourth-order valence-electron chi connectivity index (χ4n) is 2.34. The monoisotopic (exact) mass is 325 g/mol. The van der Waals surface area contributed by atoms with Crippen LogP contribution in [0.25, 0.3) is 0 Å². The van der Waals surface area contributed by atoms with Gasteiger partial charge in [-0.05, 0) is 24.4 Å². The molecule has 1 aliphatic heterocycles. The number of hydrogen-bond donors (Lipinski definition) is 1. The highest BCUT2D eigenvalue weighted by molar-refractivity contribution is 7.80. The summed E-state index contributed by atoms with van der Waals surface area (Å²) in [5, 5.41) is 3.96. The van der Waals surface area contributed by atoms with Crippen LogP contribution >= 0.6 is 12.2 Å². The molecule has 0 atom stereocenters. The summed E-state index contributed by atoms with van der Waals surface area (Å²) in [7, 11) is 0. The number of anilines is 1. The highest BCUT2D eigenvalue weighted by atomic mass is 32.1. The Balaban J connectivity index is 1.85. The van der Waals surface area contributed by atoms with Crippen molar-refractivity contribution >= 4 is 28.9 Å². The van der Waals surface area contributed by atoms with Crippen LogP contribution in [-0.4, -0.2) is 42.2 Å². The molecule has 0 unspecified atom stereocenters. The summed E-state index contributed by atoms with van der Waals surface area (Å²) in [6.07, 6.45) is 0. The average Bonchev–Trinajstić information content (AvgIpc) is 2.63. The van der Waals surface area contributed by atoms with Crippen molar-refractivity contribution in [3.8, 4) is 0 Å². The van der Waals surface area contributed by atoms with E-state index in [0.717, 1.165) is 30.2 Å². The molecule has 1 aliphatic rings. The van der Waals surface area contributed by atoms with Crippen molar-refractivity contribution in [2.75, 3.05) is 31.6 Å². The number of ether oxygens (including phenoxy) is 1. The number of morpholine rings is 1. The molecule has 0 radical (unpaired) electrons. The first kappa shape index (κ1) is 15.6. The van der Waals surface area contributed by atoms with E-state index in [-0.39, 0.29) is 0 Å². The molecule has 0 aliphatic carbocycles. The van der Waals surface area contributed by atoms with E-state index >= 15 is 0 Å². The van der Waals surface area contributed by atoms with E-state index in [0.29, 0.717) is 18.3 Å². The second-order valence-corrected chi connectivity index (χ2v) is 5.56. The zero-order valence-electron chi connectivity index (χ0n) is 12.8. The van der Waals surface area contributed by atoms with E-state index in [4.69, 9.17) is 17.0 Å². The standard InChI is InChI=1S/C18H19N3OS/c23-18(21-11-13-22-14-12-21)20-17(15-7-3-1-4-8-15)19-16-9-5-2-6-10-16/h1-10H,11-14H2,(H,19,20,23). The van der Waals surface area contributed by atoms with Gasteiger partial charge in [-0.1, -0.05) is 48.5 Å². The van der Waals surface area contributed by atoms with E-state index in [1.165, 1.54) is 0 Å². The minimum Gasteiger partial charge on any atom is -0.378 e. The largest absolute Gasteiger partial charge is 0.378 e. The van der Waals surface area contributed by atoms with Crippen molar-refractivity contribution in [1.82, 2.24) is 4.90 Å². The number of rotatable bonds is 2. The van der Waals surface area contributed by atoms with Gasteiger partial charge in [-0.2, -0.15) is 0 Å². The summed E-state index contributed by atoms with van der Waals surface area (Å²) >= 11 is 5.51. The molecular formula is C18H19N3OS. The SMILES string of the molecule is S=C(N=C(Nc1ccccc1)c1ccccc1)N1CCOCC1. The van der Waals surface area contributed by atoms with Gasteiger partial charge in [0, 0.05) is 24.3 Å². The molecule has 0 aromatic heterocycles. The second-order valence-electron chi connectivity index (χ2n) is 5.20. The smallest absolute Gasteiger partial charge is 0.197 e. The number of nitrogens with zero attached hydrogens (tertiary/aromatic N) is 2. The minimum atomic E-state index is 0.593. The third-order valence-corrected chi connectivity index (χ3v) is 3.92. The highest BCUT2D eigenvalue weighted by Crippen LogP contribution is 2.11. The van der Waals surface area contributed by atoms with E-state index in [2.05, 4.69) is 15.2 Å². The lowest BCUT2D eigenvalue weighted by Gasteiger charge is -2.27. The second kappa shape index (κ2) is 7.85. The Bertz CT molecular complexity index is 667. The molecule has 0 amide bonds. The average molecular weight is 325 g/mol. The Morgan fingerprint density at radius 3 is 2.22 bits per heavy atom. The molecule has 2 aromatic rings. The number of hydrogen-bond acceptors (Lipinski definition) is 2. The van der Waals surface area contributed by atoms with Crippen molar-refractivity contribution in [1.29, 1.82) is 0 Å². The van der Waals surface area contributed by atoms with E-state index in [1.54, 1.807) is 0 Å². The van der Waals surface area contributed by atoms with Crippen molar-refractivity contribution in [3.63, 3.8) is 0 Å². The lowest BCUT2D eigenvalue weighted by Crippen LogP contribution is -2.39. The van der Waals surface area contributed by atoms with E-state index in [9.17, 15) is 0 Å². The molecule has 23 heavy (non-hydrogen) atoms. The highest BCUT2D eigenvalue weighted by Gasteiger charge is 2.14. The molecule has 1 N–H and O–H groups in total. The number of thiocarbonyl (C=S) groups is 1. The van der Waals surface area contributed by atoms with E-state index < -0.39 is 0 Å². The molecule has 0 saturated carbocycles. The van der Waals surface area contributed by atoms with Crippen molar-refractivity contribution in [2.24, 2.45) is 4.99 Å². The van der Waals surface area contributed by atoms with Gasteiger partial charge in [0.2, 0.25) is 0 Å². The molecule has 1 fully saturated rings. The van der Waals surface area contributed by atoms with Crippen LogP contribution in [0.2, 0.25) is 0 Å². The van der Waals surface area contributed by atoms with E-state index in [1.807, 2.05) is 60.7 Å². The van der Waals surface area contributed by atoms with Gasteiger partial charge in [0.05, 0.1) is 13.2 Å². The lowest BCUT2D eigenvalue weighted by atomic mass is 10.2. The fraction of sp³-hybridized carbons (Fsp3) is 0.222. The summed E-state index contributed by atoms with van der Waals surface area (Å²) in [6, 6.07) is 20.0. The van der Waals surface area contributed by atoms with Crippen LogP contribution in [0.5, 0.6) is 0 Å². The molecule has 1 heterocycles. The van der Waals surface area contributed by atoms with Crippen molar-refractivity contribution in [3.05, 3.63) is 66.2 Å². The Morgan fingerprint density at radius 2 is 1.57 bits per heavy atom. The maximum atomic E-state index is 5.51. The third-order valence-electron chi connectivity index (χ3n) is 3.57. The lowest BCUT2D eigenvalue weighted by molar-refractivity contribution is 0.0686. The van der Waals surface area contributed by atoms with Crippen LogP contribution < -0.4 is 5.32 Å². The van der Waals surface area contributed by atoms with Gasteiger partial charge in [-0.15, -0.1) is 0 Å². The first-order valence-corrected chi connectivity index (χ1v) is 8.06. The maximum Gasteiger partial charge on any atom is 0.197 e. The number of amidine groups is 1. The number of nitrogens with one attached hydrogen (secondary N) is 1. The predicted molar refractivity (Wildman–Crippen MR) is 98.0 cm³/mol. The van der Waals surface area contributed by atoms with Crippen molar-refractivity contribution < 1.29 is 4.74 Å². The van der Waals surface area contributed by atoms with Gasteiger partial charge >= 0.3 is 0 Å². The molecule has 118 valence electrons. The minimum absolute atomic E-state index is 0.593. The summed E-state index contributed by atoms with van der Waals surface area (Å²) in [5.41, 5.74) is 1.99. The van der Waals surface area contributed by atoms with Crippen LogP contribution in [0.4, 0.5) is 5.69 Å². The van der Waals surface area contributed by atoms with Gasteiger partial charge < -0.3 is 15.0 Å². The summed E-state index contributed by atoms with van der Waals surface area (Å²) < 4.78 is 5.37. The molecular weight excluding hydrogens is 306 g/mol. The Labute approximate surface area is 141 Å². The third kappa shape index (κ3) is 4.37. The Kier molecular flexibility index (Phi) is 5.34. The van der Waals surface area contributed by atoms with Gasteiger partial charge in [0.1, 0.15) is 5.84 Å². The fourth-order valence-corrected chi connectivity index (χ4v) is 2.61. The predicted octanol–water partition coefficient (Wildman–Crippen LogP) is 3.16. The zero-order valence-corrected chi connectivity index (χ0v) is 13.6. The molecule has 0 spiro atoms. The molecule has 0 bridgehead atoms. The van der Waals surface area contributed by atoms with Crippen molar-refractivity contribution in [2.45, 2.75) is 0 Å². The van der Waals surface area contributed by atoms with Gasteiger partial charge in [0.15, 0.2) is 5.11 Å². The first-order valence-electron chi connectivity index (χ1n) is 7.66. The van der Waals surface area contributed by atoms with Crippen LogP contribution in [0.1, 0.15) is 5.56 Å². The van der Waals surface area contributed by atoms with Crippen LogP contribution in [0.15, 0.2) is 65.7 Å². The Hall–Kier alpha value is -2.24. The van der Waals surface area contributed by atoms with Crippen LogP contribution in [0.3, 0.4) is 0 Å². The number of para-hydroxylation sites is 1.